The average Bonchev–Trinajstić information content (AvgIpc) is 2.84. The zero-order valence-electron chi connectivity index (χ0n) is 11.2. The molecule has 0 saturated carbocycles. The highest BCUT2D eigenvalue weighted by Crippen LogP contribution is 2.25. The lowest BCUT2D eigenvalue weighted by Crippen LogP contribution is -2.20. The number of halogens is 1. The van der Waals surface area contributed by atoms with Crippen molar-refractivity contribution in [1.82, 2.24) is 5.32 Å². The summed E-state index contributed by atoms with van der Waals surface area (Å²) in [4.78, 5) is 1.47. The van der Waals surface area contributed by atoms with Gasteiger partial charge in [0, 0.05) is 10.9 Å². The van der Waals surface area contributed by atoms with E-state index in [0.29, 0.717) is 6.04 Å². The quantitative estimate of drug-likeness (QED) is 0.733. The normalized spacial score (nSPS) is 12.5. The first-order valence-corrected chi connectivity index (χ1v) is 8.43. The van der Waals surface area contributed by atoms with Crippen LogP contribution >= 0.6 is 27.3 Å². The van der Waals surface area contributed by atoms with Crippen molar-refractivity contribution in [2.45, 2.75) is 32.2 Å². The molecule has 1 unspecified atom stereocenters. The van der Waals surface area contributed by atoms with Crippen LogP contribution < -0.4 is 5.32 Å². The van der Waals surface area contributed by atoms with Gasteiger partial charge >= 0.3 is 0 Å². The molecule has 0 bridgehead atoms. The van der Waals surface area contributed by atoms with Gasteiger partial charge in [-0.3, -0.25) is 0 Å². The Morgan fingerprint density at radius 3 is 2.58 bits per heavy atom. The van der Waals surface area contributed by atoms with E-state index in [2.05, 4.69) is 70.6 Å². The molecular weight excluding hydrogens is 318 g/mol. The molecule has 0 fully saturated rings. The minimum atomic E-state index is 0.481. The molecule has 1 N–H and O–H groups in total. The molecule has 0 radical (unpaired) electrons. The van der Waals surface area contributed by atoms with E-state index in [0.717, 1.165) is 6.54 Å². The van der Waals surface area contributed by atoms with Gasteiger partial charge in [0.25, 0.3) is 0 Å². The largest absolute Gasteiger partial charge is 0.310 e. The maximum atomic E-state index is 3.58. The number of hydrogen-bond acceptors (Lipinski definition) is 2. The molecule has 0 saturated heterocycles. The summed E-state index contributed by atoms with van der Waals surface area (Å²) in [6.45, 7) is 3.19. The molecule has 0 aliphatic heterocycles. The van der Waals surface area contributed by atoms with Gasteiger partial charge < -0.3 is 5.32 Å². The molecule has 102 valence electrons. The van der Waals surface area contributed by atoms with Crippen LogP contribution in [0.2, 0.25) is 0 Å². The van der Waals surface area contributed by atoms with Crippen LogP contribution in [0.1, 0.15) is 36.2 Å². The van der Waals surface area contributed by atoms with E-state index in [1.54, 1.807) is 0 Å². The lowest BCUT2D eigenvalue weighted by atomic mass is 10.0. The van der Waals surface area contributed by atoms with E-state index in [4.69, 9.17) is 0 Å². The molecule has 0 aliphatic rings. The van der Waals surface area contributed by atoms with E-state index in [-0.39, 0.29) is 0 Å². The fraction of sp³-hybridized carbons (Fsp3) is 0.375. The van der Waals surface area contributed by atoms with E-state index < -0.39 is 0 Å². The summed E-state index contributed by atoms with van der Waals surface area (Å²) in [5.41, 5.74) is 1.40. The molecule has 1 aromatic heterocycles. The number of benzene rings is 1. The zero-order chi connectivity index (χ0) is 13.5. The third-order valence-electron chi connectivity index (χ3n) is 3.20. The van der Waals surface area contributed by atoms with Crippen molar-refractivity contribution in [1.29, 1.82) is 0 Å². The Balaban J connectivity index is 1.87. The third kappa shape index (κ3) is 4.75. The fourth-order valence-electron chi connectivity index (χ4n) is 2.28. The maximum absolute atomic E-state index is 3.58. The van der Waals surface area contributed by atoms with Gasteiger partial charge in [0.1, 0.15) is 0 Å². The van der Waals surface area contributed by atoms with Crippen molar-refractivity contribution < 1.29 is 0 Å². The van der Waals surface area contributed by atoms with Gasteiger partial charge in [-0.05, 0) is 59.4 Å². The van der Waals surface area contributed by atoms with Crippen LogP contribution in [-0.2, 0) is 6.42 Å². The van der Waals surface area contributed by atoms with E-state index >= 15 is 0 Å². The molecule has 2 rings (SSSR count). The highest BCUT2D eigenvalue weighted by Gasteiger charge is 2.09. The molecule has 19 heavy (non-hydrogen) atoms. The second kappa shape index (κ2) is 7.83. The SMILES string of the molecule is CCNC(CCCc1ccc(Br)s1)c1ccccc1. The summed E-state index contributed by atoms with van der Waals surface area (Å²) in [7, 11) is 0. The monoisotopic (exact) mass is 337 g/mol. The standard InChI is InChI=1S/C16H20BrNS/c1-2-18-15(13-7-4-3-5-8-13)10-6-9-14-11-12-16(17)19-14/h3-5,7-8,11-12,15,18H,2,6,9-10H2,1H3. The predicted molar refractivity (Wildman–Crippen MR) is 87.8 cm³/mol. The molecule has 1 aromatic carbocycles. The van der Waals surface area contributed by atoms with Gasteiger partial charge in [0.05, 0.1) is 3.79 Å². The third-order valence-corrected chi connectivity index (χ3v) is 4.88. The van der Waals surface area contributed by atoms with Crippen molar-refractivity contribution in [2.75, 3.05) is 6.54 Å². The minimum absolute atomic E-state index is 0.481. The number of hydrogen-bond donors (Lipinski definition) is 1. The summed E-state index contributed by atoms with van der Waals surface area (Å²) in [5, 5.41) is 3.58. The molecule has 1 atom stereocenters. The Labute approximate surface area is 128 Å². The van der Waals surface area contributed by atoms with Crippen LogP contribution in [0.3, 0.4) is 0 Å². The average molecular weight is 338 g/mol. The van der Waals surface area contributed by atoms with Gasteiger partial charge in [-0.2, -0.15) is 0 Å². The van der Waals surface area contributed by atoms with E-state index in [1.165, 1.54) is 33.5 Å². The van der Waals surface area contributed by atoms with Crippen LogP contribution in [0, 0.1) is 0 Å². The van der Waals surface area contributed by atoms with Crippen LogP contribution in [0.4, 0.5) is 0 Å². The molecule has 1 nitrogen and oxygen atoms in total. The summed E-state index contributed by atoms with van der Waals surface area (Å²) in [5.74, 6) is 0. The Hall–Kier alpha value is -0.640. The minimum Gasteiger partial charge on any atom is -0.310 e. The highest BCUT2D eigenvalue weighted by atomic mass is 79.9. The number of nitrogens with one attached hydrogen (secondary N) is 1. The van der Waals surface area contributed by atoms with Gasteiger partial charge in [-0.25, -0.2) is 0 Å². The smallest absolute Gasteiger partial charge is 0.0701 e. The lowest BCUT2D eigenvalue weighted by molar-refractivity contribution is 0.499. The molecule has 0 spiro atoms. The van der Waals surface area contributed by atoms with Gasteiger partial charge in [0.2, 0.25) is 0 Å². The second-order valence-electron chi connectivity index (χ2n) is 4.62. The van der Waals surface area contributed by atoms with Crippen molar-refractivity contribution in [2.24, 2.45) is 0 Å². The van der Waals surface area contributed by atoms with Crippen molar-refractivity contribution in [3.05, 3.63) is 56.7 Å². The van der Waals surface area contributed by atoms with Crippen molar-refractivity contribution in [3.63, 3.8) is 0 Å². The molecule has 0 aliphatic carbocycles. The van der Waals surface area contributed by atoms with E-state index in [1.807, 2.05) is 11.3 Å². The Kier molecular flexibility index (Phi) is 6.08. The van der Waals surface area contributed by atoms with Gasteiger partial charge in [-0.15, -0.1) is 11.3 Å². The molecule has 0 amide bonds. The predicted octanol–water partition coefficient (Wildman–Crippen LogP) is 5.18. The topological polar surface area (TPSA) is 12.0 Å². The lowest BCUT2D eigenvalue weighted by Gasteiger charge is -2.18. The van der Waals surface area contributed by atoms with Gasteiger partial charge in [-0.1, -0.05) is 37.3 Å². The summed E-state index contributed by atoms with van der Waals surface area (Å²) in [6.07, 6.45) is 3.58. The summed E-state index contributed by atoms with van der Waals surface area (Å²) >= 11 is 5.37. The van der Waals surface area contributed by atoms with Crippen LogP contribution in [0.5, 0.6) is 0 Å². The van der Waals surface area contributed by atoms with Crippen molar-refractivity contribution >= 4 is 27.3 Å². The Bertz CT molecular complexity index is 481. The first kappa shape index (κ1) is 14.8. The molecule has 3 heteroatoms. The van der Waals surface area contributed by atoms with Crippen molar-refractivity contribution in [3.8, 4) is 0 Å². The fourth-order valence-corrected chi connectivity index (χ4v) is 3.81. The number of thiophene rings is 1. The van der Waals surface area contributed by atoms with Crippen LogP contribution in [-0.4, -0.2) is 6.54 Å². The van der Waals surface area contributed by atoms with Crippen LogP contribution in [0.25, 0.3) is 0 Å². The van der Waals surface area contributed by atoms with Gasteiger partial charge in [0.15, 0.2) is 0 Å². The number of rotatable bonds is 7. The summed E-state index contributed by atoms with van der Waals surface area (Å²) in [6, 6.07) is 15.6. The van der Waals surface area contributed by atoms with E-state index in [9.17, 15) is 0 Å². The Morgan fingerprint density at radius 1 is 1.16 bits per heavy atom. The zero-order valence-corrected chi connectivity index (χ0v) is 13.6. The Morgan fingerprint density at radius 2 is 1.95 bits per heavy atom. The summed E-state index contributed by atoms with van der Waals surface area (Å²) < 4.78 is 1.23. The first-order chi connectivity index (χ1) is 9.29. The molecular formula is C16H20BrNS. The second-order valence-corrected chi connectivity index (χ2v) is 7.17. The molecule has 2 aromatic rings. The highest BCUT2D eigenvalue weighted by molar-refractivity contribution is 9.11. The van der Waals surface area contributed by atoms with Crippen LogP contribution in [0.15, 0.2) is 46.3 Å². The molecule has 1 heterocycles. The first-order valence-electron chi connectivity index (χ1n) is 6.82. The maximum Gasteiger partial charge on any atom is 0.0701 e. The number of aryl methyl sites for hydroxylation is 1.